The predicted molar refractivity (Wildman–Crippen MR) is 84.9 cm³/mol. The van der Waals surface area contributed by atoms with Crippen LogP contribution in [0, 0.1) is 18.3 Å². The molecule has 2 aromatic rings. The molecule has 0 aliphatic rings. The number of carbonyl (C=O) groups excluding carboxylic acids is 1. The van der Waals surface area contributed by atoms with Crippen molar-refractivity contribution in [3.05, 3.63) is 58.9 Å². The van der Waals surface area contributed by atoms with E-state index in [1.54, 1.807) is 44.5 Å². The molecule has 1 heterocycles. The van der Waals surface area contributed by atoms with Crippen LogP contribution in [-0.4, -0.2) is 18.1 Å². The van der Waals surface area contributed by atoms with E-state index in [0.29, 0.717) is 28.1 Å². The maximum absolute atomic E-state index is 12.2. The summed E-state index contributed by atoms with van der Waals surface area (Å²) in [7, 11) is 1.56. The molecule has 0 radical (unpaired) electrons. The highest BCUT2D eigenvalue weighted by Crippen LogP contribution is 2.26. The first-order valence-corrected chi connectivity index (χ1v) is 7.23. The SMILES string of the molecule is CO[C@@H](C)c1c(CC(=O)Oc2ccccc2)cnc(C)c1C#N. The minimum atomic E-state index is -0.407. The second kappa shape index (κ2) is 7.52. The molecule has 1 aromatic heterocycles. The zero-order valence-electron chi connectivity index (χ0n) is 13.4. The Bertz CT molecular complexity index is 736. The summed E-state index contributed by atoms with van der Waals surface area (Å²) in [6.45, 7) is 3.60. The molecule has 5 nitrogen and oxygen atoms in total. The van der Waals surface area contributed by atoms with E-state index in [1.165, 1.54) is 0 Å². The molecule has 0 saturated carbocycles. The Kier molecular flexibility index (Phi) is 5.45. The Morgan fingerprint density at radius 2 is 2.04 bits per heavy atom. The summed E-state index contributed by atoms with van der Waals surface area (Å²) in [5.74, 6) is 0.0784. The van der Waals surface area contributed by atoms with Gasteiger partial charge in [-0.3, -0.25) is 9.78 Å². The predicted octanol–water partition coefficient (Wildman–Crippen LogP) is 3.12. The van der Waals surface area contributed by atoms with Crippen LogP contribution in [0.25, 0.3) is 0 Å². The molecule has 0 unspecified atom stereocenters. The number of para-hydroxylation sites is 1. The minimum absolute atomic E-state index is 0.0277. The van der Waals surface area contributed by atoms with Crippen molar-refractivity contribution in [3.63, 3.8) is 0 Å². The third-order valence-corrected chi connectivity index (χ3v) is 3.57. The van der Waals surface area contributed by atoms with Crippen LogP contribution in [0.1, 0.15) is 35.4 Å². The van der Waals surface area contributed by atoms with Crippen molar-refractivity contribution in [2.24, 2.45) is 0 Å². The monoisotopic (exact) mass is 310 g/mol. The molecular formula is C18H18N2O3. The molecule has 1 aromatic carbocycles. The maximum Gasteiger partial charge on any atom is 0.315 e. The molecule has 0 N–H and O–H groups in total. The van der Waals surface area contributed by atoms with Crippen molar-refractivity contribution < 1.29 is 14.3 Å². The number of nitrogens with zero attached hydrogens (tertiary/aromatic N) is 2. The highest BCUT2D eigenvalue weighted by atomic mass is 16.5. The van der Waals surface area contributed by atoms with Gasteiger partial charge in [-0.25, -0.2) is 0 Å². The van der Waals surface area contributed by atoms with Gasteiger partial charge in [0.05, 0.1) is 23.8 Å². The van der Waals surface area contributed by atoms with Gasteiger partial charge in [-0.2, -0.15) is 5.26 Å². The zero-order chi connectivity index (χ0) is 16.8. The Morgan fingerprint density at radius 3 is 2.65 bits per heavy atom. The molecular weight excluding hydrogens is 292 g/mol. The lowest BCUT2D eigenvalue weighted by atomic mass is 9.96. The third kappa shape index (κ3) is 3.93. The van der Waals surface area contributed by atoms with Crippen LogP contribution >= 0.6 is 0 Å². The summed E-state index contributed by atoms with van der Waals surface area (Å²) < 4.78 is 10.6. The van der Waals surface area contributed by atoms with Gasteiger partial charge in [-0.15, -0.1) is 0 Å². The number of nitriles is 1. The van der Waals surface area contributed by atoms with Crippen LogP contribution in [0.2, 0.25) is 0 Å². The molecule has 5 heteroatoms. The molecule has 118 valence electrons. The van der Waals surface area contributed by atoms with Crippen molar-refractivity contribution in [2.45, 2.75) is 26.4 Å². The molecule has 2 rings (SSSR count). The standard InChI is InChI=1S/C18H18N2O3/c1-12-16(10-19)18(13(2)22-3)14(11-20-12)9-17(21)23-15-7-5-4-6-8-15/h4-8,11,13H,9H2,1-3H3/t13-/m0/s1. The van der Waals surface area contributed by atoms with Crippen molar-refractivity contribution in [1.82, 2.24) is 4.98 Å². The molecule has 0 spiro atoms. The second-order valence-electron chi connectivity index (χ2n) is 5.11. The number of hydrogen-bond donors (Lipinski definition) is 0. The van der Waals surface area contributed by atoms with Crippen molar-refractivity contribution >= 4 is 5.97 Å². The molecule has 0 aliphatic carbocycles. The number of rotatable bonds is 5. The molecule has 0 saturated heterocycles. The van der Waals surface area contributed by atoms with E-state index in [2.05, 4.69) is 11.1 Å². The van der Waals surface area contributed by atoms with Crippen molar-refractivity contribution in [1.29, 1.82) is 5.26 Å². The molecule has 0 aliphatic heterocycles. The summed E-state index contributed by atoms with van der Waals surface area (Å²) in [6, 6.07) is 11.0. The number of hydrogen-bond acceptors (Lipinski definition) is 5. The first kappa shape index (κ1) is 16.7. The van der Waals surface area contributed by atoms with Crippen molar-refractivity contribution in [2.75, 3.05) is 7.11 Å². The number of methoxy groups -OCH3 is 1. The molecule has 0 fully saturated rings. The first-order chi connectivity index (χ1) is 11.1. The summed E-state index contributed by atoms with van der Waals surface area (Å²) in [4.78, 5) is 16.4. The number of esters is 1. The quantitative estimate of drug-likeness (QED) is 0.626. The van der Waals surface area contributed by atoms with E-state index in [4.69, 9.17) is 9.47 Å². The van der Waals surface area contributed by atoms with E-state index < -0.39 is 5.97 Å². The van der Waals surface area contributed by atoms with Crippen LogP contribution in [0.3, 0.4) is 0 Å². The van der Waals surface area contributed by atoms with Gasteiger partial charge in [-0.1, -0.05) is 18.2 Å². The van der Waals surface area contributed by atoms with Gasteiger partial charge in [0.15, 0.2) is 0 Å². The zero-order valence-corrected chi connectivity index (χ0v) is 13.4. The summed E-state index contributed by atoms with van der Waals surface area (Å²) in [5.41, 5.74) is 2.39. The van der Waals surface area contributed by atoms with Crippen LogP contribution < -0.4 is 4.74 Å². The molecule has 0 amide bonds. The number of ether oxygens (including phenoxy) is 2. The fraction of sp³-hybridized carbons (Fsp3) is 0.278. The maximum atomic E-state index is 12.2. The molecule has 23 heavy (non-hydrogen) atoms. The lowest BCUT2D eigenvalue weighted by Crippen LogP contribution is -2.15. The van der Waals surface area contributed by atoms with Crippen LogP contribution in [0.4, 0.5) is 0 Å². The number of aromatic nitrogens is 1. The smallest absolute Gasteiger partial charge is 0.315 e. The fourth-order valence-corrected chi connectivity index (χ4v) is 2.34. The van der Waals surface area contributed by atoms with Gasteiger partial charge >= 0.3 is 5.97 Å². The van der Waals surface area contributed by atoms with Crippen molar-refractivity contribution in [3.8, 4) is 11.8 Å². The normalized spacial score (nSPS) is 11.6. The lowest BCUT2D eigenvalue weighted by Gasteiger charge is -2.17. The summed E-state index contributed by atoms with van der Waals surface area (Å²) in [5, 5.41) is 9.38. The van der Waals surface area contributed by atoms with E-state index >= 15 is 0 Å². The Balaban J connectivity index is 2.29. The lowest BCUT2D eigenvalue weighted by molar-refractivity contribution is -0.133. The largest absolute Gasteiger partial charge is 0.426 e. The molecule has 1 atom stereocenters. The topological polar surface area (TPSA) is 72.2 Å². The summed E-state index contributed by atoms with van der Waals surface area (Å²) in [6.07, 6.45) is 1.32. The van der Waals surface area contributed by atoms with E-state index in [9.17, 15) is 10.1 Å². The number of carbonyl (C=O) groups is 1. The highest BCUT2D eigenvalue weighted by molar-refractivity contribution is 5.76. The Hall–Kier alpha value is -2.71. The van der Waals surface area contributed by atoms with Crippen LogP contribution in [0.5, 0.6) is 5.75 Å². The fourth-order valence-electron chi connectivity index (χ4n) is 2.34. The first-order valence-electron chi connectivity index (χ1n) is 7.23. The van der Waals surface area contributed by atoms with E-state index in [0.717, 1.165) is 0 Å². The number of pyridine rings is 1. The minimum Gasteiger partial charge on any atom is -0.426 e. The van der Waals surface area contributed by atoms with Gasteiger partial charge in [0.1, 0.15) is 11.8 Å². The second-order valence-corrected chi connectivity index (χ2v) is 5.11. The summed E-state index contributed by atoms with van der Waals surface area (Å²) >= 11 is 0. The van der Waals surface area contributed by atoms with E-state index in [1.807, 2.05) is 13.0 Å². The number of aryl methyl sites for hydroxylation is 1. The van der Waals surface area contributed by atoms with Gasteiger partial charge < -0.3 is 9.47 Å². The van der Waals surface area contributed by atoms with E-state index in [-0.39, 0.29) is 12.5 Å². The van der Waals surface area contributed by atoms with Gasteiger partial charge in [0.2, 0.25) is 0 Å². The van der Waals surface area contributed by atoms with Crippen LogP contribution in [0.15, 0.2) is 36.5 Å². The third-order valence-electron chi connectivity index (χ3n) is 3.57. The van der Waals surface area contributed by atoms with Gasteiger partial charge in [0, 0.05) is 18.9 Å². The highest BCUT2D eigenvalue weighted by Gasteiger charge is 2.20. The van der Waals surface area contributed by atoms with Gasteiger partial charge in [-0.05, 0) is 31.5 Å². The Morgan fingerprint density at radius 1 is 1.35 bits per heavy atom. The average molecular weight is 310 g/mol. The average Bonchev–Trinajstić information content (AvgIpc) is 2.56. The number of benzene rings is 1. The molecule has 0 bridgehead atoms. The Labute approximate surface area is 135 Å². The van der Waals surface area contributed by atoms with Gasteiger partial charge in [0.25, 0.3) is 0 Å². The van der Waals surface area contributed by atoms with Crippen LogP contribution in [-0.2, 0) is 16.0 Å².